The first-order chi connectivity index (χ1) is 3.41. The Labute approximate surface area is 41.4 Å². The van der Waals surface area contributed by atoms with Crippen LogP contribution in [0.25, 0.3) is 0 Å². The first kappa shape index (κ1) is 6.16. The van der Waals surface area contributed by atoms with Crippen LogP contribution in [0.1, 0.15) is 0 Å². The van der Waals surface area contributed by atoms with E-state index in [1.165, 1.54) is 0 Å². The molecule has 7 heavy (non-hydrogen) atoms. The highest BCUT2D eigenvalue weighted by Crippen LogP contribution is 1.55. The van der Waals surface area contributed by atoms with Gasteiger partial charge in [0.25, 0.3) is 0 Å². The van der Waals surface area contributed by atoms with E-state index >= 15 is 0 Å². The number of aliphatic hydroxyl groups excluding tert-OH is 1. The number of nitrogens with zero attached hydrogens (tertiary/aromatic N) is 2. The first-order valence-corrected chi connectivity index (χ1v) is 1.82. The third kappa shape index (κ3) is 5.16. The van der Waals surface area contributed by atoms with Crippen LogP contribution in [-0.4, -0.2) is 18.9 Å². The zero-order valence-electron chi connectivity index (χ0n) is 4.05. The quantitative estimate of drug-likeness (QED) is 0.245. The molecule has 42 valence electrons. The van der Waals surface area contributed by atoms with Crippen molar-refractivity contribution in [2.75, 3.05) is 13.8 Å². The largest absolute Gasteiger partial charge is 0.375 e. The fourth-order valence-electron chi connectivity index (χ4n) is 0.117. The Morgan fingerprint density at radius 1 is 1.57 bits per heavy atom. The molecule has 3 N–H and O–H groups in total. The van der Waals surface area contributed by atoms with Gasteiger partial charge < -0.3 is 5.11 Å². The summed E-state index contributed by atoms with van der Waals surface area (Å²) in [5, 5.41) is 14.5. The van der Waals surface area contributed by atoms with Gasteiger partial charge in [-0.15, -0.1) is 0 Å². The Kier molecular flexibility index (Phi) is 4.54. The van der Waals surface area contributed by atoms with Gasteiger partial charge >= 0.3 is 0 Å². The lowest BCUT2D eigenvalue weighted by molar-refractivity contribution is 0.258. The summed E-state index contributed by atoms with van der Waals surface area (Å²) in [4.78, 5) is 0. The molecule has 0 heterocycles. The van der Waals surface area contributed by atoms with Crippen molar-refractivity contribution < 1.29 is 5.11 Å². The van der Waals surface area contributed by atoms with Crippen LogP contribution >= 0.6 is 0 Å². The summed E-state index contributed by atoms with van der Waals surface area (Å²) >= 11 is 0. The molecule has 5 nitrogen and oxygen atoms in total. The monoisotopic (exact) mass is 104 g/mol. The summed E-state index contributed by atoms with van der Waals surface area (Å²) in [6, 6.07) is 0. The Morgan fingerprint density at radius 2 is 2.29 bits per heavy atom. The van der Waals surface area contributed by atoms with Crippen LogP contribution in [0.4, 0.5) is 0 Å². The molecular weight excluding hydrogens is 96.0 g/mol. The second-order valence-corrected chi connectivity index (χ2v) is 0.740. The summed E-state index contributed by atoms with van der Waals surface area (Å²) in [7, 11) is 1.61. The molecule has 0 saturated heterocycles. The number of hydrogen-bond acceptors (Lipinski definition) is 3. The van der Waals surface area contributed by atoms with Crippen molar-refractivity contribution >= 4 is 0 Å². The predicted octanol–water partition coefficient (Wildman–Crippen LogP) is -0.973. The molecule has 0 amide bonds. The van der Waals surface area contributed by atoms with Gasteiger partial charge in [-0.1, -0.05) is 10.4 Å². The average molecular weight is 104 g/mol. The summed E-state index contributed by atoms with van der Waals surface area (Å²) in [5.41, 5.74) is 4.59. The van der Waals surface area contributed by atoms with Gasteiger partial charge in [-0.05, 0) is 0 Å². The van der Waals surface area contributed by atoms with Crippen molar-refractivity contribution in [3.63, 3.8) is 0 Å². The van der Waals surface area contributed by atoms with Gasteiger partial charge in [-0.2, -0.15) is 0 Å². The van der Waals surface area contributed by atoms with Crippen molar-refractivity contribution in [2.24, 2.45) is 10.4 Å². The summed E-state index contributed by atoms with van der Waals surface area (Å²) in [5.74, 6) is 0. The van der Waals surface area contributed by atoms with Crippen LogP contribution in [0.5, 0.6) is 0 Å². The highest BCUT2D eigenvalue weighted by molar-refractivity contribution is 4.10. The topological polar surface area (TPSA) is 69.0 Å². The van der Waals surface area contributed by atoms with E-state index in [0.29, 0.717) is 0 Å². The molecule has 0 fully saturated rings. The van der Waals surface area contributed by atoms with Gasteiger partial charge in [0.05, 0.1) is 0 Å². The van der Waals surface area contributed by atoms with Crippen LogP contribution in [0.2, 0.25) is 0 Å². The van der Waals surface area contributed by atoms with Gasteiger partial charge in [0.1, 0.15) is 6.73 Å². The summed E-state index contributed by atoms with van der Waals surface area (Å²) in [6.45, 7) is -0.189. The third-order valence-corrected chi connectivity index (χ3v) is 0.291. The van der Waals surface area contributed by atoms with E-state index < -0.39 is 0 Å². The molecule has 0 radical (unpaired) electrons. The van der Waals surface area contributed by atoms with Crippen molar-refractivity contribution in [3.8, 4) is 0 Å². The lowest BCUT2D eigenvalue weighted by atomic mass is 11.3. The van der Waals surface area contributed by atoms with Gasteiger partial charge in [-0.3, -0.25) is 10.9 Å². The van der Waals surface area contributed by atoms with E-state index in [-0.39, 0.29) is 6.73 Å². The van der Waals surface area contributed by atoms with Crippen LogP contribution in [0.15, 0.2) is 10.4 Å². The zero-order valence-corrected chi connectivity index (χ0v) is 4.05. The van der Waals surface area contributed by atoms with E-state index in [4.69, 9.17) is 5.11 Å². The van der Waals surface area contributed by atoms with E-state index in [2.05, 4.69) is 21.3 Å². The molecule has 0 aliphatic carbocycles. The number of rotatable bonds is 3. The highest BCUT2D eigenvalue weighted by Gasteiger charge is 1.63. The number of hydrogen-bond donors (Lipinski definition) is 3. The van der Waals surface area contributed by atoms with E-state index in [1.807, 2.05) is 0 Å². The van der Waals surface area contributed by atoms with E-state index in [9.17, 15) is 0 Å². The fourth-order valence-corrected chi connectivity index (χ4v) is 0.117. The molecule has 0 bridgehead atoms. The Balaban J connectivity index is 2.78. The summed E-state index contributed by atoms with van der Waals surface area (Å²) in [6.07, 6.45) is 0. The van der Waals surface area contributed by atoms with Crippen LogP contribution in [-0.2, 0) is 0 Å². The summed E-state index contributed by atoms with van der Waals surface area (Å²) < 4.78 is 0. The van der Waals surface area contributed by atoms with Crippen molar-refractivity contribution in [1.29, 1.82) is 0 Å². The second-order valence-electron chi connectivity index (χ2n) is 0.740. The normalized spacial score (nSPS) is 9.43. The van der Waals surface area contributed by atoms with Gasteiger partial charge in [0.15, 0.2) is 0 Å². The maximum absolute atomic E-state index is 8.00. The van der Waals surface area contributed by atoms with Crippen molar-refractivity contribution in [2.45, 2.75) is 0 Å². The smallest absolute Gasteiger partial charge is 0.130 e. The lowest BCUT2D eigenvalue weighted by Crippen LogP contribution is -2.06. The number of aliphatic hydroxyl groups is 1. The van der Waals surface area contributed by atoms with Crippen LogP contribution in [0, 0.1) is 0 Å². The van der Waals surface area contributed by atoms with Crippen molar-refractivity contribution in [1.82, 2.24) is 10.9 Å². The highest BCUT2D eigenvalue weighted by atomic mass is 16.3. The van der Waals surface area contributed by atoms with Crippen LogP contribution in [0.3, 0.4) is 0 Å². The molecule has 0 unspecified atom stereocenters. The SMILES string of the molecule is CN/N=N\NCO. The van der Waals surface area contributed by atoms with E-state index in [1.54, 1.807) is 7.05 Å². The van der Waals surface area contributed by atoms with Gasteiger partial charge in [0, 0.05) is 7.05 Å². The minimum atomic E-state index is -0.189. The molecule has 0 atom stereocenters. The maximum atomic E-state index is 8.00. The standard InChI is InChI=1S/C2H8N4O/c1-3-5-6-4-2-7/h7H,2H2,1H3,(H,3,6)(H,4,5). The predicted molar refractivity (Wildman–Crippen MR) is 24.1 cm³/mol. The molecule has 5 heteroatoms. The molecule has 0 saturated carbocycles. The Bertz CT molecular complexity index is 53.7. The minimum Gasteiger partial charge on any atom is -0.375 e. The Hall–Kier alpha value is -0.840. The molecule has 0 aromatic carbocycles. The Morgan fingerprint density at radius 3 is 2.71 bits per heavy atom. The average Bonchev–Trinajstić information content (AvgIpc) is 1.69. The van der Waals surface area contributed by atoms with Gasteiger partial charge in [-0.25, -0.2) is 0 Å². The molecule has 0 aromatic rings. The zero-order chi connectivity index (χ0) is 5.54. The molecular formula is C2H8N4O. The molecule has 0 aromatic heterocycles. The third-order valence-electron chi connectivity index (χ3n) is 0.291. The molecule has 0 rings (SSSR count). The van der Waals surface area contributed by atoms with E-state index in [0.717, 1.165) is 0 Å². The maximum Gasteiger partial charge on any atom is 0.130 e. The molecule has 0 spiro atoms. The molecule has 0 aliphatic heterocycles. The first-order valence-electron chi connectivity index (χ1n) is 1.82. The number of nitrogens with one attached hydrogen (secondary N) is 2. The molecule has 0 aliphatic rings. The lowest BCUT2D eigenvalue weighted by Gasteiger charge is -1.86. The van der Waals surface area contributed by atoms with Crippen molar-refractivity contribution in [3.05, 3.63) is 0 Å². The fraction of sp³-hybridized carbons (Fsp3) is 1.00. The van der Waals surface area contributed by atoms with Gasteiger partial charge in [0.2, 0.25) is 0 Å². The minimum absolute atomic E-state index is 0.189. The van der Waals surface area contributed by atoms with Crippen LogP contribution < -0.4 is 10.9 Å². The second kappa shape index (κ2) is 5.16.